The van der Waals surface area contributed by atoms with Crippen LogP contribution in [-0.2, 0) is 26.9 Å². The molecule has 1 aliphatic rings. The van der Waals surface area contributed by atoms with Crippen LogP contribution in [0, 0.1) is 5.41 Å². The number of aryl methyl sites for hydroxylation is 1. The third-order valence-corrected chi connectivity index (χ3v) is 4.26. The van der Waals surface area contributed by atoms with E-state index < -0.39 is 29.6 Å². The first kappa shape index (κ1) is 17.8. The van der Waals surface area contributed by atoms with E-state index >= 15 is 0 Å². The van der Waals surface area contributed by atoms with Crippen molar-refractivity contribution in [3.8, 4) is 0 Å². The van der Waals surface area contributed by atoms with Gasteiger partial charge in [0.05, 0.1) is 5.56 Å². The zero-order valence-electron chi connectivity index (χ0n) is 13.7. The predicted molar refractivity (Wildman–Crippen MR) is 78.6 cm³/mol. The number of esters is 1. The fourth-order valence-corrected chi connectivity index (χ4v) is 2.27. The second-order valence-electron chi connectivity index (χ2n) is 6.96. The van der Waals surface area contributed by atoms with Crippen molar-refractivity contribution >= 4 is 5.97 Å². The van der Waals surface area contributed by atoms with E-state index in [0.717, 1.165) is 17.7 Å². The van der Waals surface area contributed by atoms with Crippen LogP contribution in [0.3, 0.4) is 0 Å². The number of ether oxygens (including phenoxy) is 2. The van der Waals surface area contributed by atoms with Gasteiger partial charge >= 0.3 is 12.1 Å². The van der Waals surface area contributed by atoms with Crippen LogP contribution in [0.4, 0.5) is 13.2 Å². The van der Waals surface area contributed by atoms with Gasteiger partial charge in [-0.25, -0.2) is 4.79 Å². The Morgan fingerprint density at radius 2 is 1.70 bits per heavy atom. The van der Waals surface area contributed by atoms with Crippen LogP contribution < -0.4 is 0 Å². The van der Waals surface area contributed by atoms with Gasteiger partial charge in [-0.1, -0.05) is 32.9 Å². The fourth-order valence-electron chi connectivity index (χ4n) is 2.27. The van der Waals surface area contributed by atoms with Crippen molar-refractivity contribution in [2.75, 3.05) is 0 Å². The quantitative estimate of drug-likeness (QED) is 0.773. The molecule has 0 spiro atoms. The van der Waals surface area contributed by atoms with Gasteiger partial charge in [-0.15, -0.1) is 0 Å². The molecule has 1 aliphatic heterocycles. The summed E-state index contributed by atoms with van der Waals surface area (Å²) in [6.07, 6.45) is -4.22. The molecule has 0 aliphatic carbocycles. The van der Waals surface area contributed by atoms with E-state index in [4.69, 9.17) is 9.47 Å². The zero-order chi connectivity index (χ0) is 17.5. The highest BCUT2D eigenvalue weighted by Gasteiger charge is 2.51. The molecule has 0 radical (unpaired) electrons. The Morgan fingerprint density at radius 1 is 1.13 bits per heavy atom. The maximum atomic E-state index is 12.5. The summed E-state index contributed by atoms with van der Waals surface area (Å²) < 4.78 is 48.7. The van der Waals surface area contributed by atoms with Crippen LogP contribution in [0.2, 0.25) is 0 Å². The molecular formula is C17H21F3O3. The standard InChI is InChI=1S/C17H21F3O3/c1-15(2,3)16(4)22-13(14(21)23-16)10-7-11-5-8-12(9-6-11)17(18,19)20/h5-6,8-9,13H,7,10H2,1-4H3/t13-,16+/m0/s1. The first-order valence-corrected chi connectivity index (χ1v) is 7.49. The second kappa shape index (κ2) is 5.82. The van der Waals surface area contributed by atoms with Crippen molar-refractivity contribution < 1.29 is 27.4 Å². The van der Waals surface area contributed by atoms with Gasteiger partial charge in [0, 0.05) is 12.3 Å². The van der Waals surface area contributed by atoms with Crippen LogP contribution in [0.5, 0.6) is 0 Å². The Labute approximate surface area is 133 Å². The second-order valence-corrected chi connectivity index (χ2v) is 6.96. The van der Waals surface area contributed by atoms with Crippen LogP contribution in [-0.4, -0.2) is 17.9 Å². The summed E-state index contributed by atoms with van der Waals surface area (Å²) in [6.45, 7) is 7.47. The number of halogens is 3. The van der Waals surface area contributed by atoms with E-state index in [1.165, 1.54) is 12.1 Å². The fraction of sp³-hybridized carbons (Fsp3) is 0.588. The average Bonchev–Trinajstić information content (AvgIpc) is 2.71. The summed E-state index contributed by atoms with van der Waals surface area (Å²) in [5.74, 6) is -1.41. The topological polar surface area (TPSA) is 35.5 Å². The first-order valence-electron chi connectivity index (χ1n) is 7.49. The van der Waals surface area contributed by atoms with Gasteiger partial charge in [0.25, 0.3) is 0 Å². The molecule has 1 heterocycles. The Morgan fingerprint density at radius 3 is 2.13 bits per heavy atom. The van der Waals surface area contributed by atoms with Gasteiger partial charge in [0.2, 0.25) is 5.79 Å². The SMILES string of the molecule is CC(C)(C)[C@@]1(C)OC(=O)[C@H](CCc2ccc(C(F)(F)F)cc2)O1. The largest absolute Gasteiger partial charge is 0.431 e. The van der Waals surface area contributed by atoms with E-state index in [-0.39, 0.29) is 5.41 Å². The van der Waals surface area contributed by atoms with Crippen LogP contribution in [0.15, 0.2) is 24.3 Å². The van der Waals surface area contributed by atoms with Gasteiger partial charge in [-0.05, 0) is 30.5 Å². The number of alkyl halides is 3. The van der Waals surface area contributed by atoms with Gasteiger partial charge in [0.15, 0.2) is 6.10 Å². The van der Waals surface area contributed by atoms with Gasteiger partial charge in [-0.2, -0.15) is 13.2 Å². The molecule has 3 nitrogen and oxygen atoms in total. The number of hydrogen-bond acceptors (Lipinski definition) is 3. The van der Waals surface area contributed by atoms with Crippen LogP contribution >= 0.6 is 0 Å². The predicted octanol–water partition coefficient (Wildman–Crippen LogP) is 4.34. The maximum Gasteiger partial charge on any atom is 0.416 e. The molecule has 0 N–H and O–H groups in total. The Kier molecular flexibility index (Phi) is 4.50. The first-order chi connectivity index (χ1) is 10.4. The number of cyclic esters (lactones) is 1. The lowest BCUT2D eigenvalue weighted by molar-refractivity contribution is -0.218. The molecule has 0 aromatic heterocycles. The van der Waals surface area contributed by atoms with Crippen LogP contribution in [0.1, 0.15) is 45.2 Å². The van der Waals surface area contributed by atoms with Crippen molar-refractivity contribution in [1.29, 1.82) is 0 Å². The zero-order valence-corrected chi connectivity index (χ0v) is 13.7. The maximum absolute atomic E-state index is 12.5. The van der Waals surface area contributed by atoms with E-state index in [1.807, 2.05) is 20.8 Å². The van der Waals surface area contributed by atoms with Crippen LogP contribution in [0.25, 0.3) is 0 Å². The minimum absolute atomic E-state index is 0.369. The third-order valence-electron chi connectivity index (χ3n) is 4.26. The molecule has 1 aromatic carbocycles. The monoisotopic (exact) mass is 330 g/mol. The van der Waals surface area contributed by atoms with Gasteiger partial charge < -0.3 is 9.47 Å². The van der Waals surface area contributed by atoms with Crippen molar-refractivity contribution in [2.24, 2.45) is 5.41 Å². The number of benzene rings is 1. The van der Waals surface area contributed by atoms with E-state index in [2.05, 4.69) is 0 Å². The molecule has 1 fully saturated rings. The number of hydrogen-bond donors (Lipinski definition) is 0. The summed E-state index contributed by atoms with van der Waals surface area (Å²) in [5, 5.41) is 0. The molecular weight excluding hydrogens is 309 g/mol. The molecule has 23 heavy (non-hydrogen) atoms. The highest BCUT2D eigenvalue weighted by atomic mass is 19.4. The summed E-state index contributed by atoms with van der Waals surface area (Å²) in [6, 6.07) is 4.93. The summed E-state index contributed by atoms with van der Waals surface area (Å²) in [7, 11) is 0. The summed E-state index contributed by atoms with van der Waals surface area (Å²) in [5.41, 5.74) is -0.331. The van der Waals surface area contributed by atoms with Crippen molar-refractivity contribution in [3.05, 3.63) is 35.4 Å². The Bertz CT molecular complexity index is 572. The van der Waals surface area contributed by atoms with E-state index in [1.54, 1.807) is 6.92 Å². The Balaban J connectivity index is 1.98. The molecule has 0 unspecified atom stereocenters. The molecule has 128 valence electrons. The molecule has 2 rings (SSSR count). The third kappa shape index (κ3) is 3.86. The summed E-state index contributed by atoms with van der Waals surface area (Å²) in [4.78, 5) is 11.9. The number of carbonyl (C=O) groups excluding carboxylic acids is 1. The Hall–Kier alpha value is -1.56. The van der Waals surface area contributed by atoms with Crippen molar-refractivity contribution in [1.82, 2.24) is 0 Å². The lowest BCUT2D eigenvalue weighted by Gasteiger charge is -2.35. The molecule has 0 saturated carbocycles. The lowest BCUT2D eigenvalue weighted by Crippen LogP contribution is -2.41. The smallest absolute Gasteiger partial charge is 0.416 e. The van der Waals surface area contributed by atoms with E-state index in [9.17, 15) is 18.0 Å². The van der Waals surface area contributed by atoms with Crippen molar-refractivity contribution in [2.45, 2.75) is 58.6 Å². The minimum Gasteiger partial charge on any atom is -0.431 e. The number of carbonyl (C=O) groups is 1. The molecule has 0 amide bonds. The highest BCUT2D eigenvalue weighted by Crippen LogP contribution is 2.40. The number of rotatable bonds is 3. The molecule has 1 saturated heterocycles. The molecule has 0 bridgehead atoms. The molecule has 2 atom stereocenters. The average molecular weight is 330 g/mol. The van der Waals surface area contributed by atoms with E-state index in [0.29, 0.717) is 12.8 Å². The molecule has 1 aromatic rings. The van der Waals surface area contributed by atoms with Gasteiger partial charge in [-0.3, -0.25) is 0 Å². The van der Waals surface area contributed by atoms with Gasteiger partial charge in [0.1, 0.15) is 0 Å². The van der Waals surface area contributed by atoms with Crippen molar-refractivity contribution in [3.63, 3.8) is 0 Å². The summed E-state index contributed by atoms with van der Waals surface area (Å²) >= 11 is 0. The molecule has 6 heteroatoms. The minimum atomic E-state index is -4.34. The lowest BCUT2D eigenvalue weighted by atomic mass is 9.87. The highest BCUT2D eigenvalue weighted by molar-refractivity contribution is 5.76. The normalized spacial score (nSPS) is 25.5.